The lowest BCUT2D eigenvalue weighted by Gasteiger charge is -2.11. The fourth-order valence-electron chi connectivity index (χ4n) is 5.88. The molecule has 184 valence electrons. The predicted molar refractivity (Wildman–Crippen MR) is 160 cm³/mol. The predicted octanol–water partition coefficient (Wildman–Crippen LogP) is 8.00. The van der Waals surface area contributed by atoms with Crippen LogP contribution in [-0.4, -0.2) is 25.3 Å². The van der Waals surface area contributed by atoms with Gasteiger partial charge in [-0.1, -0.05) is 60.7 Å². The standard InChI is InChI=1S/C34H23N5/c1-2-12-25(13-3-1)38-30-17-6-7-19-36-32(30)28-22-37-34-31(33(28)38)27-15-4-5-16-29(27)39(34)26-14-8-10-23(20-26)24-11-9-18-35-21-24/h1-16,18-22H,17H2. The summed E-state index contributed by atoms with van der Waals surface area (Å²) in [4.78, 5) is 14.3. The van der Waals surface area contributed by atoms with Crippen LogP contribution in [-0.2, 0) is 6.42 Å². The lowest BCUT2D eigenvalue weighted by Crippen LogP contribution is -2.00. The molecule has 5 heteroatoms. The van der Waals surface area contributed by atoms with Crippen molar-refractivity contribution in [1.29, 1.82) is 0 Å². The van der Waals surface area contributed by atoms with Crippen LogP contribution in [0, 0.1) is 0 Å². The third kappa shape index (κ3) is 3.30. The third-order valence-electron chi connectivity index (χ3n) is 7.53. The normalized spacial score (nSPS) is 12.8. The second-order valence-electron chi connectivity index (χ2n) is 9.74. The van der Waals surface area contributed by atoms with Gasteiger partial charge >= 0.3 is 0 Å². The average Bonchev–Trinajstić information content (AvgIpc) is 3.39. The summed E-state index contributed by atoms with van der Waals surface area (Å²) < 4.78 is 4.66. The number of fused-ring (bicyclic) bond motifs is 7. The highest BCUT2D eigenvalue weighted by Crippen LogP contribution is 2.43. The zero-order chi connectivity index (χ0) is 25.8. The lowest BCUT2D eigenvalue weighted by atomic mass is 10.1. The van der Waals surface area contributed by atoms with Gasteiger partial charge in [0.1, 0.15) is 5.65 Å². The van der Waals surface area contributed by atoms with Crippen molar-refractivity contribution in [3.63, 3.8) is 0 Å². The highest BCUT2D eigenvalue weighted by Gasteiger charge is 2.24. The molecule has 0 fully saturated rings. The lowest BCUT2D eigenvalue weighted by molar-refractivity contribution is 1.01. The Balaban J connectivity index is 1.51. The Labute approximate surface area is 225 Å². The molecule has 0 saturated carbocycles. The Morgan fingerprint density at radius 3 is 2.44 bits per heavy atom. The zero-order valence-corrected chi connectivity index (χ0v) is 21.1. The number of aromatic nitrogens is 4. The third-order valence-corrected chi connectivity index (χ3v) is 7.53. The first-order chi connectivity index (χ1) is 19.4. The van der Waals surface area contributed by atoms with Gasteiger partial charge in [-0.15, -0.1) is 0 Å². The first-order valence-corrected chi connectivity index (χ1v) is 13.1. The van der Waals surface area contributed by atoms with Gasteiger partial charge in [-0.3, -0.25) is 14.5 Å². The van der Waals surface area contributed by atoms with Gasteiger partial charge < -0.3 is 4.57 Å². The highest BCUT2D eigenvalue weighted by atomic mass is 15.1. The summed E-state index contributed by atoms with van der Waals surface area (Å²) >= 11 is 0. The summed E-state index contributed by atoms with van der Waals surface area (Å²) in [6.45, 7) is 0. The van der Waals surface area contributed by atoms with Gasteiger partial charge in [0.25, 0.3) is 0 Å². The molecule has 0 N–H and O–H groups in total. The van der Waals surface area contributed by atoms with Gasteiger partial charge in [-0.05, 0) is 48.0 Å². The summed E-state index contributed by atoms with van der Waals surface area (Å²) in [7, 11) is 0. The second-order valence-corrected chi connectivity index (χ2v) is 9.74. The van der Waals surface area contributed by atoms with Gasteiger partial charge in [0.05, 0.1) is 27.8 Å². The summed E-state index contributed by atoms with van der Waals surface area (Å²) in [6.07, 6.45) is 12.6. The van der Waals surface area contributed by atoms with Gasteiger partial charge in [-0.25, -0.2) is 4.98 Å². The molecule has 0 amide bonds. The van der Waals surface area contributed by atoms with Crippen molar-refractivity contribution in [1.82, 2.24) is 19.1 Å². The largest absolute Gasteiger partial charge is 0.310 e. The van der Waals surface area contributed by atoms with Crippen molar-refractivity contribution in [2.75, 3.05) is 0 Å². The van der Waals surface area contributed by atoms with Crippen LogP contribution in [0.25, 0.3) is 55.3 Å². The van der Waals surface area contributed by atoms with E-state index in [1.54, 1.807) is 6.20 Å². The van der Waals surface area contributed by atoms with Crippen LogP contribution in [0.1, 0.15) is 5.69 Å². The first kappa shape index (κ1) is 21.8. The van der Waals surface area contributed by atoms with E-state index in [1.165, 1.54) is 11.1 Å². The van der Waals surface area contributed by atoms with E-state index in [4.69, 9.17) is 9.98 Å². The summed E-state index contributed by atoms with van der Waals surface area (Å²) in [5.74, 6) is 0. The Hall–Kier alpha value is -5.29. The minimum absolute atomic E-state index is 0.798. The molecule has 5 heterocycles. The van der Waals surface area contributed by atoms with E-state index in [2.05, 4.69) is 105 Å². The minimum Gasteiger partial charge on any atom is -0.310 e. The molecule has 0 radical (unpaired) electrons. The maximum absolute atomic E-state index is 5.11. The number of hydrogen-bond donors (Lipinski definition) is 0. The van der Waals surface area contributed by atoms with E-state index in [1.807, 2.05) is 30.8 Å². The summed E-state index contributed by atoms with van der Waals surface area (Å²) in [6, 6.07) is 31.8. The fourth-order valence-corrected chi connectivity index (χ4v) is 5.88. The van der Waals surface area contributed by atoms with Crippen LogP contribution in [0.2, 0.25) is 0 Å². The smallest absolute Gasteiger partial charge is 0.147 e. The van der Waals surface area contributed by atoms with E-state index >= 15 is 0 Å². The van der Waals surface area contributed by atoms with Crippen LogP contribution in [0.4, 0.5) is 5.69 Å². The molecule has 5 nitrogen and oxygen atoms in total. The zero-order valence-electron chi connectivity index (χ0n) is 21.1. The number of hydrogen-bond acceptors (Lipinski definition) is 3. The van der Waals surface area contributed by atoms with Crippen molar-refractivity contribution >= 4 is 44.7 Å². The number of aliphatic imine (C=N–C) groups is 1. The molecule has 0 saturated heterocycles. The fraction of sp³-hybridized carbons (Fsp3) is 0.0294. The average molecular weight is 502 g/mol. The number of para-hydroxylation sites is 2. The van der Waals surface area contributed by atoms with Crippen molar-refractivity contribution < 1.29 is 0 Å². The van der Waals surface area contributed by atoms with Gasteiger partial charge in [0.15, 0.2) is 0 Å². The number of pyridine rings is 2. The van der Waals surface area contributed by atoms with Crippen LogP contribution in [0.3, 0.4) is 0 Å². The maximum Gasteiger partial charge on any atom is 0.147 e. The molecule has 0 atom stereocenters. The molecular weight excluding hydrogens is 478 g/mol. The molecule has 0 unspecified atom stereocenters. The molecule has 8 rings (SSSR count). The maximum atomic E-state index is 5.11. The van der Waals surface area contributed by atoms with E-state index in [0.717, 1.165) is 62.1 Å². The second kappa shape index (κ2) is 8.64. The molecule has 3 aromatic carbocycles. The van der Waals surface area contributed by atoms with Gasteiger partial charge in [0, 0.05) is 58.9 Å². The van der Waals surface area contributed by atoms with Crippen molar-refractivity contribution in [2.45, 2.75) is 6.42 Å². The summed E-state index contributed by atoms with van der Waals surface area (Å²) in [5.41, 5.74) is 9.74. The van der Waals surface area contributed by atoms with Crippen LogP contribution < -0.4 is 0 Å². The molecule has 7 aromatic rings. The van der Waals surface area contributed by atoms with Crippen LogP contribution in [0.15, 0.2) is 127 Å². The van der Waals surface area contributed by atoms with E-state index in [9.17, 15) is 0 Å². The Bertz CT molecular complexity index is 2080. The Morgan fingerprint density at radius 2 is 1.54 bits per heavy atom. The Kier molecular flexibility index (Phi) is 4.82. The van der Waals surface area contributed by atoms with Crippen molar-refractivity contribution in [3.8, 4) is 22.5 Å². The van der Waals surface area contributed by atoms with Crippen molar-refractivity contribution in [2.24, 2.45) is 4.99 Å². The Morgan fingerprint density at radius 1 is 0.692 bits per heavy atom. The topological polar surface area (TPSA) is 48.0 Å². The summed E-state index contributed by atoms with van der Waals surface area (Å²) in [5, 5.41) is 3.36. The molecule has 1 aliphatic heterocycles. The number of benzene rings is 3. The van der Waals surface area contributed by atoms with Crippen molar-refractivity contribution in [3.05, 3.63) is 127 Å². The first-order valence-electron chi connectivity index (χ1n) is 13.1. The van der Waals surface area contributed by atoms with Gasteiger partial charge in [-0.2, -0.15) is 0 Å². The van der Waals surface area contributed by atoms with E-state index < -0.39 is 0 Å². The molecule has 4 aromatic heterocycles. The molecular formula is C34H23N5. The molecule has 39 heavy (non-hydrogen) atoms. The SMILES string of the molecule is C1=CCc2c(c3cnc4c(c5ccccc5n4-c4cccc(-c5cccnc5)c4)c3n2-c2ccccc2)N=C1. The van der Waals surface area contributed by atoms with E-state index in [-0.39, 0.29) is 0 Å². The number of allylic oxidation sites excluding steroid dienone is 2. The van der Waals surface area contributed by atoms with Gasteiger partial charge in [0.2, 0.25) is 0 Å². The monoisotopic (exact) mass is 501 g/mol. The number of rotatable bonds is 3. The molecule has 1 aliphatic rings. The molecule has 0 bridgehead atoms. The van der Waals surface area contributed by atoms with E-state index in [0.29, 0.717) is 0 Å². The van der Waals surface area contributed by atoms with Crippen LogP contribution >= 0.6 is 0 Å². The minimum atomic E-state index is 0.798. The molecule has 0 spiro atoms. The van der Waals surface area contributed by atoms with Crippen LogP contribution in [0.5, 0.6) is 0 Å². The highest BCUT2D eigenvalue weighted by molar-refractivity contribution is 6.21. The molecule has 0 aliphatic carbocycles. The number of nitrogens with zero attached hydrogens (tertiary/aromatic N) is 5. The quantitative estimate of drug-likeness (QED) is 0.246.